The zero-order valence-corrected chi connectivity index (χ0v) is 17.2. The van der Waals surface area contributed by atoms with Crippen LogP contribution in [0, 0.1) is 12.8 Å². The van der Waals surface area contributed by atoms with Crippen molar-refractivity contribution in [1.82, 2.24) is 9.88 Å². The van der Waals surface area contributed by atoms with E-state index in [1.807, 2.05) is 25.1 Å². The number of ketones is 1. The SMILES string of the molecule is Cc1c(CC(=O)NCC2CCCOC2)c2c(n1Cc1ccccc1)CCCC2=O. The predicted molar refractivity (Wildman–Crippen MR) is 112 cm³/mol. The van der Waals surface area contributed by atoms with E-state index in [4.69, 9.17) is 4.74 Å². The lowest BCUT2D eigenvalue weighted by Crippen LogP contribution is -2.34. The number of nitrogens with one attached hydrogen (secondary N) is 1. The molecular weight excluding hydrogens is 364 g/mol. The van der Waals surface area contributed by atoms with Crippen LogP contribution in [0.25, 0.3) is 0 Å². The molecule has 2 heterocycles. The van der Waals surface area contributed by atoms with Gasteiger partial charge in [0.15, 0.2) is 5.78 Å². The van der Waals surface area contributed by atoms with E-state index in [-0.39, 0.29) is 18.1 Å². The molecule has 1 amide bonds. The lowest BCUT2D eigenvalue weighted by Gasteiger charge is -2.22. The van der Waals surface area contributed by atoms with Gasteiger partial charge in [-0.15, -0.1) is 0 Å². The van der Waals surface area contributed by atoms with Gasteiger partial charge >= 0.3 is 0 Å². The number of amides is 1. The third-order valence-corrected chi connectivity index (χ3v) is 6.22. The Hall–Kier alpha value is -2.40. The van der Waals surface area contributed by atoms with Gasteiger partial charge in [0.2, 0.25) is 5.91 Å². The summed E-state index contributed by atoms with van der Waals surface area (Å²) in [5.41, 5.74) is 5.08. The Kier molecular flexibility index (Phi) is 6.14. The molecule has 1 aliphatic carbocycles. The molecule has 5 nitrogen and oxygen atoms in total. The van der Waals surface area contributed by atoms with Crippen molar-refractivity contribution >= 4 is 11.7 Å². The van der Waals surface area contributed by atoms with Crippen LogP contribution in [-0.2, 0) is 28.9 Å². The minimum absolute atomic E-state index is 0.00305. The minimum Gasteiger partial charge on any atom is -0.381 e. The first-order valence-electron chi connectivity index (χ1n) is 10.8. The summed E-state index contributed by atoms with van der Waals surface area (Å²) in [4.78, 5) is 25.4. The van der Waals surface area contributed by atoms with Gasteiger partial charge in [-0.25, -0.2) is 0 Å². The predicted octanol–water partition coefficient (Wildman–Crippen LogP) is 3.45. The summed E-state index contributed by atoms with van der Waals surface area (Å²) >= 11 is 0. The lowest BCUT2D eigenvalue weighted by atomic mass is 9.92. The highest BCUT2D eigenvalue weighted by Gasteiger charge is 2.29. The van der Waals surface area contributed by atoms with Crippen molar-refractivity contribution < 1.29 is 14.3 Å². The van der Waals surface area contributed by atoms with Gasteiger partial charge in [0, 0.05) is 43.1 Å². The summed E-state index contributed by atoms with van der Waals surface area (Å²) in [6, 6.07) is 10.3. The first-order valence-corrected chi connectivity index (χ1v) is 10.8. The zero-order valence-electron chi connectivity index (χ0n) is 17.2. The Bertz CT molecular complexity index is 879. The third-order valence-electron chi connectivity index (χ3n) is 6.22. The van der Waals surface area contributed by atoms with Gasteiger partial charge in [-0.3, -0.25) is 9.59 Å². The number of fused-ring (bicyclic) bond motifs is 1. The maximum atomic E-state index is 12.7. The second-order valence-corrected chi connectivity index (χ2v) is 8.30. The summed E-state index contributed by atoms with van der Waals surface area (Å²) in [5, 5.41) is 3.07. The Morgan fingerprint density at radius 3 is 2.79 bits per heavy atom. The summed E-state index contributed by atoms with van der Waals surface area (Å²) in [7, 11) is 0. The number of hydrogen-bond acceptors (Lipinski definition) is 3. The molecule has 0 saturated carbocycles. The smallest absolute Gasteiger partial charge is 0.224 e. The van der Waals surface area contributed by atoms with E-state index in [0.29, 0.717) is 18.9 Å². The van der Waals surface area contributed by atoms with Crippen LogP contribution in [-0.4, -0.2) is 36.0 Å². The fourth-order valence-electron chi connectivity index (χ4n) is 4.63. The van der Waals surface area contributed by atoms with E-state index in [2.05, 4.69) is 22.0 Å². The van der Waals surface area contributed by atoms with Crippen LogP contribution in [0.15, 0.2) is 30.3 Å². The molecule has 2 aliphatic rings. The summed E-state index contributed by atoms with van der Waals surface area (Å²) < 4.78 is 7.75. The van der Waals surface area contributed by atoms with Crippen LogP contribution in [0.1, 0.15) is 58.6 Å². The third kappa shape index (κ3) is 4.45. The van der Waals surface area contributed by atoms with Crippen LogP contribution in [0.2, 0.25) is 0 Å². The summed E-state index contributed by atoms with van der Waals surface area (Å²) in [6.45, 7) is 4.99. The topological polar surface area (TPSA) is 60.3 Å². The van der Waals surface area contributed by atoms with E-state index < -0.39 is 0 Å². The molecule has 1 fully saturated rings. The van der Waals surface area contributed by atoms with Crippen molar-refractivity contribution in [3.8, 4) is 0 Å². The number of ether oxygens (including phenoxy) is 1. The van der Waals surface area contributed by atoms with Crippen molar-refractivity contribution in [2.45, 2.75) is 52.0 Å². The maximum absolute atomic E-state index is 12.7. The monoisotopic (exact) mass is 394 g/mol. The van der Waals surface area contributed by atoms with E-state index in [0.717, 1.165) is 68.0 Å². The van der Waals surface area contributed by atoms with E-state index in [9.17, 15) is 9.59 Å². The number of nitrogens with zero attached hydrogens (tertiary/aromatic N) is 1. The zero-order chi connectivity index (χ0) is 20.2. The van der Waals surface area contributed by atoms with Crippen LogP contribution >= 0.6 is 0 Å². The number of benzene rings is 1. The van der Waals surface area contributed by atoms with Gasteiger partial charge in [-0.1, -0.05) is 30.3 Å². The molecule has 29 heavy (non-hydrogen) atoms. The molecule has 1 aromatic carbocycles. The molecular formula is C24H30N2O3. The van der Waals surface area contributed by atoms with Gasteiger partial charge in [-0.05, 0) is 49.7 Å². The van der Waals surface area contributed by atoms with Crippen molar-refractivity contribution in [3.63, 3.8) is 0 Å². The van der Waals surface area contributed by atoms with Crippen LogP contribution in [0.4, 0.5) is 0 Å². The average molecular weight is 395 g/mol. The highest BCUT2D eigenvalue weighted by Crippen LogP contribution is 2.31. The summed E-state index contributed by atoms with van der Waals surface area (Å²) in [5.74, 6) is 0.577. The fraction of sp³-hybridized carbons (Fsp3) is 0.500. The molecule has 1 atom stereocenters. The van der Waals surface area contributed by atoms with Gasteiger partial charge in [0.05, 0.1) is 13.0 Å². The molecule has 5 heteroatoms. The highest BCUT2D eigenvalue weighted by atomic mass is 16.5. The molecule has 4 rings (SSSR count). The Morgan fingerprint density at radius 1 is 1.21 bits per heavy atom. The van der Waals surface area contributed by atoms with Gasteiger partial charge in [0.25, 0.3) is 0 Å². The van der Waals surface area contributed by atoms with Crippen LogP contribution in [0.3, 0.4) is 0 Å². The minimum atomic E-state index is -0.00305. The molecule has 2 aromatic rings. The second kappa shape index (κ2) is 8.95. The van der Waals surface area contributed by atoms with E-state index in [1.165, 1.54) is 5.56 Å². The first-order chi connectivity index (χ1) is 14.1. The molecule has 154 valence electrons. The molecule has 0 spiro atoms. The largest absolute Gasteiger partial charge is 0.381 e. The molecule has 1 unspecified atom stereocenters. The average Bonchev–Trinajstić information content (AvgIpc) is 3.01. The number of carbonyl (C=O) groups is 2. The fourth-order valence-corrected chi connectivity index (χ4v) is 4.63. The molecule has 1 saturated heterocycles. The first kappa shape index (κ1) is 19.9. The van der Waals surface area contributed by atoms with Crippen molar-refractivity contribution in [1.29, 1.82) is 0 Å². The normalized spacial score (nSPS) is 19.1. The van der Waals surface area contributed by atoms with Gasteiger partial charge < -0.3 is 14.6 Å². The second-order valence-electron chi connectivity index (χ2n) is 8.30. The van der Waals surface area contributed by atoms with Crippen molar-refractivity contribution in [2.24, 2.45) is 5.92 Å². The molecule has 1 aliphatic heterocycles. The maximum Gasteiger partial charge on any atom is 0.224 e. The Morgan fingerprint density at radius 2 is 2.03 bits per heavy atom. The van der Waals surface area contributed by atoms with Gasteiger partial charge in [0.1, 0.15) is 0 Å². The Balaban J connectivity index is 1.54. The van der Waals surface area contributed by atoms with Gasteiger partial charge in [-0.2, -0.15) is 0 Å². The van der Waals surface area contributed by atoms with Crippen LogP contribution < -0.4 is 5.32 Å². The van der Waals surface area contributed by atoms with E-state index >= 15 is 0 Å². The number of carbonyl (C=O) groups excluding carboxylic acids is 2. The molecule has 1 aromatic heterocycles. The van der Waals surface area contributed by atoms with E-state index in [1.54, 1.807) is 0 Å². The lowest BCUT2D eigenvalue weighted by molar-refractivity contribution is -0.120. The quantitative estimate of drug-likeness (QED) is 0.816. The molecule has 1 N–H and O–H groups in total. The highest BCUT2D eigenvalue weighted by molar-refractivity contribution is 6.01. The number of rotatable bonds is 6. The standard InChI is InChI=1S/C24H30N2O3/c1-17-20(13-23(28)25-14-19-9-6-12-29-16-19)24-21(10-5-11-22(24)27)26(17)15-18-7-3-2-4-8-18/h2-4,7-8,19H,5-6,9-16H2,1H3,(H,25,28). The number of hydrogen-bond donors (Lipinski definition) is 1. The number of aromatic nitrogens is 1. The Labute approximate surface area is 172 Å². The molecule has 0 bridgehead atoms. The summed E-state index contributed by atoms with van der Waals surface area (Å²) in [6.07, 6.45) is 4.79. The van der Waals surface area contributed by atoms with Crippen molar-refractivity contribution in [3.05, 3.63) is 58.4 Å². The molecule has 0 radical (unpaired) electrons. The van der Waals surface area contributed by atoms with Crippen molar-refractivity contribution in [2.75, 3.05) is 19.8 Å². The number of Topliss-reactive ketones (excluding diaryl/α,β-unsaturated/α-hetero) is 1. The van der Waals surface area contributed by atoms with Crippen LogP contribution in [0.5, 0.6) is 0 Å².